The van der Waals surface area contributed by atoms with Crippen molar-refractivity contribution >= 4 is 0 Å². The molecule has 1 aliphatic rings. The summed E-state index contributed by atoms with van der Waals surface area (Å²) >= 11 is 0. The SMILES string of the molecule is Cc1ncc2c(n1)CC(C)(C)CC2CN. The smallest absolute Gasteiger partial charge is 0.125 e. The molecular weight excluding hydrogens is 186 g/mol. The highest BCUT2D eigenvalue weighted by Gasteiger charge is 2.32. The van der Waals surface area contributed by atoms with Crippen LogP contribution in [0, 0.1) is 12.3 Å². The molecule has 15 heavy (non-hydrogen) atoms. The van der Waals surface area contributed by atoms with Crippen LogP contribution in [0.1, 0.15) is 43.3 Å². The van der Waals surface area contributed by atoms with Crippen molar-refractivity contribution in [2.75, 3.05) is 6.54 Å². The fraction of sp³-hybridized carbons (Fsp3) is 0.667. The summed E-state index contributed by atoms with van der Waals surface area (Å²) in [5, 5.41) is 0. The molecule has 0 radical (unpaired) electrons. The number of nitrogens with zero attached hydrogens (tertiary/aromatic N) is 2. The van der Waals surface area contributed by atoms with Crippen molar-refractivity contribution in [3.05, 3.63) is 23.3 Å². The van der Waals surface area contributed by atoms with Crippen molar-refractivity contribution in [2.24, 2.45) is 11.1 Å². The quantitative estimate of drug-likeness (QED) is 0.760. The van der Waals surface area contributed by atoms with E-state index in [0.29, 0.717) is 17.9 Å². The molecule has 0 fully saturated rings. The Hall–Kier alpha value is -0.960. The van der Waals surface area contributed by atoms with Gasteiger partial charge in [0.25, 0.3) is 0 Å². The Bertz CT molecular complexity index is 371. The Morgan fingerprint density at radius 1 is 1.53 bits per heavy atom. The summed E-state index contributed by atoms with van der Waals surface area (Å²) in [5.41, 5.74) is 8.61. The van der Waals surface area contributed by atoms with Crippen LogP contribution in [-0.2, 0) is 6.42 Å². The number of aryl methyl sites for hydroxylation is 1. The van der Waals surface area contributed by atoms with E-state index in [1.54, 1.807) is 0 Å². The van der Waals surface area contributed by atoms with Gasteiger partial charge in [0.2, 0.25) is 0 Å². The van der Waals surface area contributed by atoms with Crippen LogP contribution in [0.15, 0.2) is 6.20 Å². The number of hydrogen-bond acceptors (Lipinski definition) is 3. The summed E-state index contributed by atoms with van der Waals surface area (Å²) in [6, 6.07) is 0. The summed E-state index contributed by atoms with van der Waals surface area (Å²) in [6.07, 6.45) is 4.15. The van der Waals surface area contributed by atoms with E-state index >= 15 is 0 Å². The molecule has 1 unspecified atom stereocenters. The van der Waals surface area contributed by atoms with Gasteiger partial charge < -0.3 is 5.73 Å². The second-order valence-corrected chi connectivity index (χ2v) is 5.30. The Kier molecular flexibility index (Phi) is 2.51. The van der Waals surface area contributed by atoms with Crippen molar-refractivity contribution in [2.45, 2.75) is 39.5 Å². The van der Waals surface area contributed by atoms with E-state index in [1.807, 2.05) is 13.1 Å². The maximum atomic E-state index is 5.82. The highest BCUT2D eigenvalue weighted by Crippen LogP contribution is 2.40. The molecule has 3 heteroatoms. The Labute approximate surface area is 91.1 Å². The van der Waals surface area contributed by atoms with Gasteiger partial charge in [0.15, 0.2) is 0 Å². The number of nitrogens with two attached hydrogens (primary N) is 1. The first-order valence-electron chi connectivity index (χ1n) is 5.54. The molecule has 0 saturated heterocycles. The first-order valence-corrected chi connectivity index (χ1v) is 5.54. The fourth-order valence-electron chi connectivity index (χ4n) is 2.52. The van der Waals surface area contributed by atoms with Gasteiger partial charge in [-0.15, -0.1) is 0 Å². The molecular formula is C12H19N3. The molecule has 1 aromatic heterocycles. The maximum absolute atomic E-state index is 5.82. The molecule has 3 nitrogen and oxygen atoms in total. The third-order valence-electron chi connectivity index (χ3n) is 3.19. The van der Waals surface area contributed by atoms with E-state index in [2.05, 4.69) is 23.8 Å². The lowest BCUT2D eigenvalue weighted by atomic mass is 9.71. The molecule has 2 N–H and O–H groups in total. The lowest BCUT2D eigenvalue weighted by Crippen LogP contribution is -2.30. The van der Waals surface area contributed by atoms with E-state index in [1.165, 1.54) is 11.3 Å². The van der Waals surface area contributed by atoms with E-state index < -0.39 is 0 Å². The van der Waals surface area contributed by atoms with E-state index in [0.717, 1.165) is 18.7 Å². The summed E-state index contributed by atoms with van der Waals surface area (Å²) < 4.78 is 0. The Morgan fingerprint density at radius 2 is 2.27 bits per heavy atom. The summed E-state index contributed by atoms with van der Waals surface area (Å²) in [5.74, 6) is 1.30. The van der Waals surface area contributed by atoms with Crippen molar-refractivity contribution in [1.82, 2.24) is 9.97 Å². The predicted octanol–water partition coefficient (Wildman–Crippen LogP) is 1.80. The number of rotatable bonds is 1. The molecule has 1 heterocycles. The van der Waals surface area contributed by atoms with Crippen molar-refractivity contribution < 1.29 is 0 Å². The molecule has 0 saturated carbocycles. The molecule has 0 spiro atoms. The van der Waals surface area contributed by atoms with Crippen LogP contribution in [0.5, 0.6) is 0 Å². The Balaban J connectivity index is 2.44. The maximum Gasteiger partial charge on any atom is 0.125 e. The minimum absolute atomic E-state index is 0.317. The van der Waals surface area contributed by atoms with Crippen LogP contribution in [0.3, 0.4) is 0 Å². The molecule has 0 amide bonds. The topological polar surface area (TPSA) is 51.8 Å². The van der Waals surface area contributed by atoms with Crippen LogP contribution in [-0.4, -0.2) is 16.5 Å². The number of fused-ring (bicyclic) bond motifs is 1. The number of aromatic nitrogens is 2. The van der Waals surface area contributed by atoms with Gasteiger partial charge in [0, 0.05) is 11.9 Å². The fourth-order valence-corrected chi connectivity index (χ4v) is 2.52. The number of hydrogen-bond donors (Lipinski definition) is 1. The largest absolute Gasteiger partial charge is 0.330 e. The van der Waals surface area contributed by atoms with Crippen LogP contribution >= 0.6 is 0 Å². The van der Waals surface area contributed by atoms with Gasteiger partial charge in [-0.05, 0) is 43.2 Å². The summed E-state index contributed by atoms with van der Waals surface area (Å²) in [7, 11) is 0. The highest BCUT2D eigenvalue weighted by atomic mass is 14.9. The monoisotopic (exact) mass is 205 g/mol. The van der Waals surface area contributed by atoms with Crippen molar-refractivity contribution in [1.29, 1.82) is 0 Å². The van der Waals surface area contributed by atoms with Gasteiger partial charge in [-0.3, -0.25) is 0 Å². The average molecular weight is 205 g/mol. The minimum atomic E-state index is 0.317. The standard InChI is InChI=1S/C12H19N3/c1-8-14-7-10-9(6-13)4-12(2,3)5-11(10)15-8/h7,9H,4-6,13H2,1-3H3. The van der Waals surface area contributed by atoms with Gasteiger partial charge in [-0.25, -0.2) is 9.97 Å². The lowest BCUT2D eigenvalue weighted by molar-refractivity contribution is 0.277. The van der Waals surface area contributed by atoms with Crippen LogP contribution in [0.2, 0.25) is 0 Å². The first-order chi connectivity index (χ1) is 7.02. The first kappa shape index (κ1) is 10.6. The summed E-state index contributed by atoms with van der Waals surface area (Å²) in [4.78, 5) is 8.81. The zero-order chi connectivity index (χ0) is 11.1. The molecule has 82 valence electrons. The van der Waals surface area contributed by atoms with Gasteiger partial charge in [-0.2, -0.15) is 0 Å². The lowest BCUT2D eigenvalue weighted by Gasteiger charge is -2.35. The van der Waals surface area contributed by atoms with Crippen LogP contribution < -0.4 is 5.73 Å². The minimum Gasteiger partial charge on any atom is -0.330 e. The molecule has 0 bridgehead atoms. The molecule has 0 aromatic carbocycles. The average Bonchev–Trinajstić information content (AvgIpc) is 2.14. The predicted molar refractivity (Wildman–Crippen MR) is 60.7 cm³/mol. The Morgan fingerprint density at radius 3 is 2.93 bits per heavy atom. The molecule has 2 rings (SSSR count). The van der Waals surface area contributed by atoms with Gasteiger partial charge in [0.05, 0.1) is 0 Å². The summed E-state index contributed by atoms with van der Waals surface area (Å²) in [6.45, 7) is 7.22. The van der Waals surface area contributed by atoms with Crippen molar-refractivity contribution in [3.63, 3.8) is 0 Å². The second-order valence-electron chi connectivity index (χ2n) is 5.30. The van der Waals surface area contributed by atoms with Crippen LogP contribution in [0.4, 0.5) is 0 Å². The third-order valence-corrected chi connectivity index (χ3v) is 3.19. The molecule has 1 atom stereocenters. The zero-order valence-electron chi connectivity index (χ0n) is 9.75. The second kappa shape index (κ2) is 3.56. The molecule has 1 aliphatic carbocycles. The normalized spacial score (nSPS) is 23.6. The van der Waals surface area contributed by atoms with Gasteiger partial charge in [-0.1, -0.05) is 13.8 Å². The van der Waals surface area contributed by atoms with E-state index in [9.17, 15) is 0 Å². The van der Waals surface area contributed by atoms with E-state index in [4.69, 9.17) is 5.73 Å². The van der Waals surface area contributed by atoms with E-state index in [-0.39, 0.29) is 0 Å². The third kappa shape index (κ3) is 2.02. The zero-order valence-corrected chi connectivity index (χ0v) is 9.75. The van der Waals surface area contributed by atoms with Gasteiger partial charge in [0.1, 0.15) is 5.82 Å². The molecule has 0 aliphatic heterocycles. The highest BCUT2D eigenvalue weighted by molar-refractivity contribution is 5.27. The molecule has 1 aromatic rings. The van der Waals surface area contributed by atoms with Crippen molar-refractivity contribution in [3.8, 4) is 0 Å². The van der Waals surface area contributed by atoms with Gasteiger partial charge >= 0.3 is 0 Å². The van der Waals surface area contributed by atoms with Crippen LogP contribution in [0.25, 0.3) is 0 Å².